The fourth-order valence-electron chi connectivity index (χ4n) is 0.896. The first-order valence-electron chi connectivity index (χ1n) is 3.39. The highest BCUT2D eigenvalue weighted by molar-refractivity contribution is 9.10. The highest BCUT2D eigenvalue weighted by Crippen LogP contribution is 2.15. The number of halogens is 2. The van der Waals surface area contributed by atoms with E-state index in [2.05, 4.69) is 15.9 Å². The summed E-state index contributed by atoms with van der Waals surface area (Å²) in [5, 5.41) is 17.2. The minimum absolute atomic E-state index is 0.0920. The maximum atomic E-state index is 12.9. The van der Waals surface area contributed by atoms with Crippen LogP contribution in [0.4, 0.5) is 4.39 Å². The molecule has 1 rings (SSSR count). The zero-order chi connectivity index (χ0) is 9.14. The summed E-state index contributed by atoms with van der Waals surface area (Å²) in [5.74, 6) is -0.425. The molecule has 0 saturated carbocycles. The first-order chi connectivity index (χ1) is 5.59. The van der Waals surface area contributed by atoms with Crippen molar-refractivity contribution in [3.05, 3.63) is 34.1 Å². The van der Waals surface area contributed by atoms with Gasteiger partial charge in [0.05, 0.1) is 0 Å². The molecular formula is C7H7BBrFO2. The molecular weight excluding hydrogens is 226 g/mol. The summed E-state index contributed by atoms with van der Waals surface area (Å²) in [4.78, 5) is 0. The SMILES string of the molecule is OB(O)Cc1cc(Br)ccc1F. The van der Waals surface area contributed by atoms with Crippen LogP contribution in [-0.2, 0) is 6.32 Å². The van der Waals surface area contributed by atoms with Crippen LogP contribution in [0.15, 0.2) is 22.7 Å². The zero-order valence-electron chi connectivity index (χ0n) is 6.17. The van der Waals surface area contributed by atoms with Gasteiger partial charge in [0, 0.05) is 10.8 Å². The summed E-state index contributed by atoms with van der Waals surface area (Å²) in [7, 11) is -1.51. The van der Waals surface area contributed by atoms with Crippen LogP contribution in [0.2, 0.25) is 0 Å². The van der Waals surface area contributed by atoms with Crippen molar-refractivity contribution >= 4 is 23.0 Å². The molecule has 0 aliphatic carbocycles. The molecule has 2 N–H and O–H groups in total. The van der Waals surface area contributed by atoms with Crippen LogP contribution < -0.4 is 0 Å². The van der Waals surface area contributed by atoms with Crippen molar-refractivity contribution in [3.63, 3.8) is 0 Å². The van der Waals surface area contributed by atoms with Gasteiger partial charge in [-0.1, -0.05) is 15.9 Å². The van der Waals surface area contributed by atoms with Crippen LogP contribution in [-0.4, -0.2) is 17.2 Å². The largest absolute Gasteiger partial charge is 0.456 e. The Bertz CT molecular complexity index is 280. The molecule has 0 heterocycles. The third-order valence-electron chi connectivity index (χ3n) is 1.41. The molecule has 64 valence electrons. The van der Waals surface area contributed by atoms with Crippen LogP contribution in [0.3, 0.4) is 0 Å². The van der Waals surface area contributed by atoms with E-state index in [-0.39, 0.29) is 6.32 Å². The normalized spacial score (nSPS) is 10.0. The molecule has 1 aromatic rings. The third kappa shape index (κ3) is 2.58. The third-order valence-corrected chi connectivity index (χ3v) is 1.90. The Balaban J connectivity index is 2.90. The van der Waals surface area contributed by atoms with Crippen LogP contribution >= 0.6 is 15.9 Å². The molecule has 0 aliphatic heterocycles. The van der Waals surface area contributed by atoms with Crippen molar-refractivity contribution in [2.24, 2.45) is 0 Å². The Kier molecular flexibility index (Phi) is 3.25. The summed E-state index contributed by atoms with van der Waals surface area (Å²) in [6.07, 6.45) is -0.0920. The van der Waals surface area contributed by atoms with Gasteiger partial charge in [-0.05, 0) is 23.8 Å². The average Bonchev–Trinajstić information content (AvgIpc) is 1.96. The molecule has 0 fully saturated rings. The van der Waals surface area contributed by atoms with Gasteiger partial charge in [0.2, 0.25) is 0 Å². The summed E-state index contributed by atoms with van der Waals surface area (Å²) < 4.78 is 13.6. The Labute approximate surface area is 78.3 Å². The number of rotatable bonds is 2. The molecule has 12 heavy (non-hydrogen) atoms. The summed E-state index contributed by atoms with van der Waals surface area (Å²) in [6, 6.07) is 4.36. The smallest absolute Gasteiger partial charge is 0.427 e. The van der Waals surface area contributed by atoms with E-state index in [0.717, 1.165) is 4.47 Å². The van der Waals surface area contributed by atoms with Crippen molar-refractivity contribution < 1.29 is 14.4 Å². The predicted octanol–water partition coefficient (Wildman–Crippen LogP) is 1.14. The van der Waals surface area contributed by atoms with Gasteiger partial charge in [-0.3, -0.25) is 0 Å². The van der Waals surface area contributed by atoms with E-state index in [1.54, 1.807) is 6.07 Å². The lowest BCUT2D eigenvalue weighted by molar-refractivity contribution is 0.403. The van der Waals surface area contributed by atoms with Crippen molar-refractivity contribution in [2.45, 2.75) is 6.32 Å². The average molecular weight is 233 g/mol. The molecule has 0 bridgehead atoms. The van der Waals surface area contributed by atoms with E-state index in [1.807, 2.05) is 0 Å². The van der Waals surface area contributed by atoms with Crippen molar-refractivity contribution in [1.29, 1.82) is 0 Å². The minimum atomic E-state index is -1.51. The lowest BCUT2D eigenvalue weighted by Gasteiger charge is -2.01. The quantitative estimate of drug-likeness (QED) is 0.752. The second-order valence-electron chi connectivity index (χ2n) is 2.42. The molecule has 0 spiro atoms. The van der Waals surface area contributed by atoms with Crippen LogP contribution in [0.1, 0.15) is 5.56 Å². The van der Waals surface area contributed by atoms with E-state index in [4.69, 9.17) is 10.0 Å². The van der Waals surface area contributed by atoms with Gasteiger partial charge in [0.1, 0.15) is 5.82 Å². The molecule has 0 saturated heterocycles. The van der Waals surface area contributed by atoms with Gasteiger partial charge in [-0.25, -0.2) is 4.39 Å². The number of hydrogen-bond donors (Lipinski definition) is 2. The van der Waals surface area contributed by atoms with Gasteiger partial charge in [-0.15, -0.1) is 0 Å². The summed E-state index contributed by atoms with van der Waals surface area (Å²) in [6.45, 7) is 0. The van der Waals surface area contributed by atoms with E-state index >= 15 is 0 Å². The second kappa shape index (κ2) is 4.02. The highest BCUT2D eigenvalue weighted by Gasteiger charge is 2.11. The van der Waals surface area contributed by atoms with E-state index in [1.165, 1.54) is 12.1 Å². The van der Waals surface area contributed by atoms with Gasteiger partial charge in [0.15, 0.2) is 0 Å². The first kappa shape index (κ1) is 9.70. The second-order valence-corrected chi connectivity index (χ2v) is 3.34. The van der Waals surface area contributed by atoms with Gasteiger partial charge >= 0.3 is 7.12 Å². The molecule has 1 aromatic carbocycles. The molecule has 0 aliphatic rings. The number of hydrogen-bond acceptors (Lipinski definition) is 2. The van der Waals surface area contributed by atoms with E-state index in [9.17, 15) is 4.39 Å². The first-order valence-corrected chi connectivity index (χ1v) is 4.19. The van der Waals surface area contributed by atoms with E-state index < -0.39 is 12.9 Å². The highest BCUT2D eigenvalue weighted by atomic mass is 79.9. The van der Waals surface area contributed by atoms with Crippen molar-refractivity contribution in [3.8, 4) is 0 Å². The predicted molar refractivity (Wildman–Crippen MR) is 48.0 cm³/mol. The van der Waals surface area contributed by atoms with Crippen molar-refractivity contribution in [2.75, 3.05) is 0 Å². The monoisotopic (exact) mass is 232 g/mol. The Hall–Kier alpha value is -0.385. The molecule has 5 heteroatoms. The maximum Gasteiger partial charge on any atom is 0.456 e. The minimum Gasteiger partial charge on any atom is -0.427 e. The Morgan fingerprint density at radius 2 is 2.08 bits per heavy atom. The van der Waals surface area contributed by atoms with Gasteiger partial charge in [-0.2, -0.15) is 0 Å². The van der Waals surface area contributed by atoms with E-state index in [0.29, 0.717) is 5.56 Å². The lowest BCUT2D eigenvalue weighted by atomic mass is 9.82. The fraction of sp³-hybridized carbons (Fsp3) is 0.143. The molecule has 0 radical (unpaired) electrons. The molecule has 0 unspecified atom stereocenters. The molecule has 0 atom stereocenters. The van der Waals surface area contributed by atoms with Crippen LogP contribution in [0, 0.1) is 5.82 Å². The zero-order valence-corrected chi connectivity index (χ0v) is 7.75. The summed E-state index contributed by atoms with van der Waals surface area (Å²) >= 11 is 3.16. The lowest BCUT2D eigenvalue weighted by Crippen LogP contribution is -2.16. The van der Waals surface area contributed by atoms with Gasteiger partial charge in [0.25, 0.3) is 0 Å². The van der Waals surface area contributed by atoms with Crippen LogP contribution in [0.5, 0.6) is 0 Å². The molecule has 0 aromatic heterocycles. The van der Waals surface area contributed by atoms with Gasteiger partial charge < -0.3 is 10.0 Å². The Morgan fingerprint density at radius 1 is 1.42 bits per heavy atom. The standard InChI is InChI=1S/C7H7BBrFO2/c9-6-1-2-7(10)5(3-6)4-8(11)12/h1-3,11-12H,4H2. The summed E-state index contributed by atoms with van der Waals surface area (Å²) in [5.41, 5.74) is 0.291. The topological polar surface area (TPSA) is 40.5 Å². The van der Waals surface area contributed by atoms with Crippen LogP contribution in [0.25, 0.3) is 0 Å². The van der Waals surface area contributed by atoms with Crippen molar-refractivity contribution in [1.82, 2.24) is 0 Å². The fourth-order valence-corrected chi connectivity index (χ4v) is 1.30. The maximum absolute atomic E-state index is 12.9. The number of benzene rings is 1. The molecule has 2 nitrogen and oxygen atoms in total. The molecule has 0 amide bonds. The Morgan fingerprint density at radius 3 is 2.67 bits per heavy atom.